The average Bonchev–Trinajstić information content (AvgIpc) is 2.90. The normalized spacial score (nSPS) is 12.5. The lowest BCUT2D eigenvalue weighted by Gasteiger charge is -2.34. The van der Waals surface area contributed by atoms with Gasteiger partial charge < -0.3 is 10.2 Å². The number of carbonyl (C=O) groups is 2. The molecule has 0 radical (unpaired) electrons. The highest BCUT2D eigenvalue weighted by molar-refractivity contribution is 7.92. The molecule has 0 spiro atoms. The lowest BCUT2D eigenvalue weighted by Crippen LogP contribution is -2.54. The van der Waals surface area contributed by atoms with E-state index in [-0.39, 0.29) is 43.9 Å². The van der Waals surface area contributed by atoms with Crippen LogP contribution in [-0.4, -0.2) is 49.5 Å². The van der Waals surface area contributed by atoms with Gasteiger partial charge in [-0.15, -0.1) is 0 Å². The molecule has 3 aromatic carbocycles. The predicted octanol–water partition coefficient (Wildman–Crippen LogP) is 5.72. The highest BCUT2D eigenvalue weighted by Crippen LogP contribution is 2.24. The Hall–Kier alpha value is -3.50. The molecule has 0 fully saturated rings. The quantitative estimate of drug-likeness (QED) is 0.281. The van der Waals surface area contributed by atoms with Crippen LogP contribution in [0.4, 0.5) is 14.5 Å². The number of carbonyl (C=O) groups excluding carboxylic acids is 2. The standard InChI is InChI=1S/C31H36ClF2N3O4S/c1-31(2,3)35-30(39)28(19-22-11-6-5-7-12-22)36(21-23-13-8-9-14-25(23)32)29(38)15-10-18-37(42(4,40)41)24-16-17-26(33)27(34)20-24/h5-9,11-14,16-17,20,28H,10,15,18-19,21H2,1-4H3,(H,35,39)/t28-/m1/s1. The number of amides is 2. The van der Waals surface area contributed by atoms with Gasteiger partial charge >= 0.3 is 0 Å². The number of hydrogen-bond donors (Lipinski definition) is 1. The maximum atomic E-state index is 13.9. The number of nitrogens with one attached hydrogen (secondary N) is 1. The van der Waals surface area contributed by atoms with Crippen LogP contribution in [0.3, 0.4) is 0 Å². The summed E-state index contributed by atoms with van der Waals surface area (Å²) in [6.45, 7) is 5.44. The Labute approximate surface area is 251 Å². The third kappa shape index (κ3) is 9.52. The number of nitrogens with zero attached hydrogens (tertiary/aromatic N) is 2. The molecule has 0 aromatic heterocycles. The van der Waals surface area contributed by atoms with Crippen molar-refractivity contribution in [3.63, 3.8) is 0 Å². The van der Waals surface area contributed by atoms with E-state index in [4.69, 9.17) is 11.6 Å². The molecule has 0 aliphatic carbocycles. The third-order valence-corrected chi connectivity index (χ3v) is 7.97. The van der Waals surface area contributed by atoms with E-state index < -0.39 is 39.1 Å². The number of sulfonamides is 1. The maximum absolute atomic E-state index is 13.9. The van der Waals surface area contributed by atoms with Gasteiger partial charge in [0.2, 0.25) is 21.8 Å². The van der Waals surface area contributed by atoms with Crippen molar-refractivity contribution >= 4 is 39.1 Å². The Morgan fingerprint density at radius 3 is 2.19 bits per heavy atom. The predicted molar refractivity (Wildman–Crippen MR) is 162 cm³/mol. The van der Waals surface area contributed by atoms with Crippen molar-refractivity contribution in [3.05, 3.63) is 101 Å². The first-order valence-electron chi connectivity index (χ1n) is 13.5. The molecule has 0 heterocycles. The van der Waals surface area contributed by atoms with Crippen LogP contribution in [0.15, 0.2) is 72.8 Å². The van der Waals surface area contributed by atoms with Gasteiger partial charge in [0, 0.05) is 42.6 Å². The summed E-state index contributed by atoms with van der Waals surface area (Å²) in [6.07, 6.45) is 1.13. The van der Waals surface area contributed by atoms with Crippen molar-refractivity contribution in [1.29, 1.82) is 0 Å². The zero-order valence-corrected chi connectivity index (χ0v) is 25.7. The molecule has 0 aliphatic rings. The van der Waals surface area contributed by atoms with Gasteiger partial charge in [0.05, 0.1) is 11.9 Å². The molecule has 1 N–H and O–H groups in total. The van der Waals surface area contributed by atoms with Crippen molar-refractivity contribution in [1.82, 2.24) is 10.2 Å². The summed E-state index contributed by atoms with van der Waals surface area (Å²) in [5.74, 6) is -3.02. The van der Waals surface area contributed by atoms with Crippen molar-refractivity contribution in [3.8, 4) is 0 Å². The van der Waals surface area contributed by atoms with Gasteiger partial charge in [-0.05, 0) is 56.5 Å². The van der Waals surface area contributed by atoms with Gasteiger partial charge in [0.15, 0.2) is 11.6 Å². The Morgan fingerprint density at radius 1 is 0.952 bits per heavy atom. The fourth-order valence-corrected chi connectivity index (χ4v) is 5.61. The van der Waals surface area contributed by atoms with E-state index in [9.17, 15) is 26.8 Å². The lowest BCUT2D eigenvalue weighted by atomic mass is 10.00. The molecular formula is C31H36ClF2N3O4S. The summed E-state index contributed by atoms with van der Waals surface area (Å²) >= 11 is 6.44. The van der Waals surface area contributed by atoms with Crippen LogP contribution in [0.1, 0.15) is 44.7 Å². The largest absolute Gasteiger partial charge is 0.350 e. The van der Waals surface area contributed by atoms with Crippen LogP contribution in [0.5, 0.6) is 0 Å². The second-order valence-electron chi connectivity index (χ2n) is 11.1. The number of benzene rings is 3. The molecule has 1 atom stereocenters. The fraction of sp³-hybridized carbons (Fsp3) is 0.355. The monoisotopic (exact) mass is 619 g/mol. The van der Waals surface area contributed by atoms with E-state index in [0.717, 1.165) is 34.3 Å². The molecule has 226 valence electrons. The van der Waals surface area contributed by atoms with Gasteiger partial charge in [-0.2, -0.15) is 0 Å². The summed E-state index contributed by atoms with van der Waals surface area (Å²) in [5.41, 5.74) is 0.882. The van der Waals surface area contributed by atoms with E-state index in [1.54, 1.807) is 24.3 Å². The average molecular weight is 620 g/mol. The molecular weight excluding hydrogens is 584 g/mol. The molecule has 42 heavy (non-hydrogen) atoms. The molecule has 0 saturated heterocycles. The molecule has 0 unspecified atom stereocenters. The van der Waals surface area contributed by atoms with Crippen LogP contribution in [-0.2, 0) is 32.6 Å². The number of anilines is 1. The van der Waals surface area contributed by atoms with E-state index >= 15 is 0 Å². The van der Waals surface area contributed by atoms with Crippen molar-refractivity contribution in [2.75, 3.05) is 17.1 Å². The zero-order valence-electron chi connectivity index (χ0n) is 24.1. The topological polar surface area (TPSA) is 86.8 Å². The second-order valence-corrected chi connectivity index (χ2v) is 13.4. The molecule has 3 aromatic rings. The molecule has 11 heteroatoms. The van der Waals surface area contributed by atoms with Gasteiger partial charge in [-0.25, -0.2) is 17.2 Å². The molecule has 0 saturated carbocycles. The number of halogens is 3. The zero-order chi connectivity index (χ0) is 31.1. The Morgan fingerprint density at radius 2 is 1.60 bits per heavy atom. The first-order valence-corrected chi connectivity index (χ1v) is 15.7. The Balaban J connectivity index is 1.92. The Bertz CT molecular complexity index is 1500. The smallest absolute Gasteiger partial charge is 0.243 e. The third-order valence-electron chi connectivity index (χ3n) is 6.41. The molecule has 0 aliphatic heterocycles. The van der Waals surface area contributed by atoms with Crippen LogP contribution in [0.2, 0.25) is 5.02 Å². The van der Waals surface area contributed by atoms with Gasteiger partial charge in [-0.3, -0.25) is 13.9 Å². The van der Waals surface area contributed by atoms with Crippen LogP contribution in [0.25, 0.3) is 0 Å². The summed E-state index contributed by atoms with van der Waals surface area (Å²) in [5, 5.41) is 3.42. The highest BCUT2D eigenvalue weighted by atomic mass is 35.5. The minimum atomic E-state index is -3.87. The van der Waals surface area contributed by atoms with Crippen LogP contribution >= 0.6 is 11.6 Å². The maximum Gasteiger partial charge on any atom is 0.243 e. The summed E-state index contributed by atoms with van der Waals surface area (Å²) in [7, 11) is -3.87. The number of hydrogen-bond acceptors (Lipinski definition) is 4. The fourth-order valence-electron chi connectivity index (χ4n) is 4.46. The van der Waals surface area contributed by atoms with Crippen molar-refractivity contribution < 1.29 is 26.8 Å². The van der Waals surface area contributed by atoms with Gasteiger partial charge in [0.1, 0.15) is 6.04 Å². The number of rotatable bonds is 12. The minimum Gasteiger partial charge on any atom is -0.350 e. The molecule has 3 rings (SSSR count). The van der Waals surface area contributed by atoms with E-state index in [1.807, 2.05) is 51.1 Å². The van der Waals surface area contributed by atoms with Crippen LogP contribution < -0.4 is 9.62 Å². The highest BCUT2D eigenvalue weighted by Gasteiger charge is 2.32. The first kappa shape index (κ1) is 33.0. The molecule has 0 bridgehead atoms. The van der Waals surface area contributed by atoms with Gasteiger partial charge in [0.25, 0.3) is 0 Å². The van der Waals surface area contributed by atoms with Crippen molar-refractivity contribution in [2.24, 2.45) is 0 Å². The summed E-state index contributed by atoms with van der Waals surface area (Å²) in [6, 6.07) is 18.3. The summed E-state index contributed by atoms with van der Waals surface area (Å²) in [4.78, 5) is 29.0. The van der Waals surface area contributed by atoms with E-state index in [2.05, 4.69) is 5.32 Å². The summed E-state index contributed by atoms with van der Waals surface area (Å²) < 4.78 is 53.3. The second kappa shape index (κ2) is 14.1. The first-order chi connectivity index (χ1) is 19.7. The Kier molecular flexibility index (Phi) is 11.1. The van der Waals surface area contributed by atoms with Gasteiger partial charge in [-0.1, -0.05) is 60.1 Å². The SMILES string of the molecule is CC(C)(C)NC(=O)[C@@H](Cc1ccccc1)N(Cc1ccccc1Cl)C(=O)CCCN(c1ccc(F)c(F)c1)S(C)(=O)=O. The minimum absolute atomic E-state index is 0.0481. The van der Waals surface area contributed by atoms with E-state index in [1.165, 1.54) is 4.90 Å². The van der Waals surface area contributed by atoms with E-state index in [0.29, 0.717) is 10.6 Å². The lowest BCUT2D eigenvalue weighted by molar-refractivity contribution is -0.142. The molecule has 7 nitrogen and oxygen atoms in total. The van der Waals surface area contributed by atoms with Crippen molar-refractivity contribution in [2.45, 2.75) is 58.2 Å². The van der Waals surface area contributed by atoms with Crippen LogP contribution in [0, 0.1) is 11.6 Å². The molecule has 2 amide bonds.